The Labute approximate surface area is 101 Å². The Kier molecular flexibility index (Phi) is 4.23. The van der Waals surface area contributed by atoms with Crippen LogP contribution in [0.1, 0.15) is 32.0 Å². The topological polar surface area (TPSA) is 42.7 Å². The highest BCUT2D eigenvalue weighted by Crippen LogP contribution is 2.24. The molecular formula is C11H20N4S. The summed E-state index contributed by atoms with van der Waals surface area (Å²) in [6.07, 6.45) is 4.93. The van der Waals surface area contributed by atoms with E-state index in [1.807, 2.05) is 18.8 Å². The van der Waals surface area contributed by atoms with Crippen LogP contribution in [0, 0.1) is 0 Å². The van der Waals surface area contributed by atoms with Crippen molar-refractivity contribution >= 4 is 11.8 Å². The van der Waals surface area contributed by atoms with Crippen molar-refractivity contribution in [3.8, 4) is 0 Å². The van der Waals surface area contributed by atoms with Crippen LogP contribution >= 0.6 is 11.8 Å². The number of fused-ring (bicyclic) bond motifs is 1. The molecule has 2 rings (SSSR count). The predicted molar refractivity (Wildman–Crippen MR) is 66.8 cm³/mol. The van der Waals surface area contributed by atoms with Gasteiger partial charge in [-0.1, -0.05) is 25.1 Å². The first-order valence-corrected chi connectivity index (χ1v) is 6.92. The summed E-state index contributed by atoms with van der Waals surface area (Å²) >= 11 is 1.83. The summed E-state index contributed by atoms with van der Waals surface area (Å²) in [5, 5.41) is 13.4. The van der Waals surface area contributed by atoms with E-state index < -0.39 is 0 Å². The minimum absolute atomic E-state index is 0.543. The third kappa shape index (κ3) is 2.77. The molecule has 1 aromatic heterocycles. The largest absolute Gasteiger partial charge is 0.319 e. The lowest BCUT2D eigenvalue weighted by Crippen LogP contribution is -2.18. The fraction of sp³-hybridized carbons (Fsp3) is 0.818. The predicted octanol–water partition coefficient (Wildman–Crippen LogP) is 1.70. The molecule has 0 aromatic carbocycles. The van der Waals surface area contributed by atoms with Crippen molar-refractivity contribution in [1.82, 2.24) is 20.1 Å². The van der Waals surface area contributed by atoms with Gasteiger partial charge in [0.1, 0.15) is 5.82 Å². The van der Waals surface area contributed by atoms with Gasteiger partial charge in [0.15, 0.2) is 5.16 Å². The zero-order valence-corrected chi connectivity index (χ0v) is 10.9. The molecule has 1 aliphatic heterocycles. The molecule has 0 aliphatic carbocycles. The minimum Gasteiger partial charge on any atom is -0.319 e. The molecule has 16 heavy (non-hydrogen) atoms. The quantitative estimate of drug-likeness (QED) is 0.814. The SMILES string of the molecule is CNCC(C)Sc1nnc2n1CCCCC2. The summed E-state index contributed by atoms with van der Waals surface area (Å²) in [6.45, 7) is 4.32. The van der Waals surface area contributed by atoms with Crippen molar-refractivity contribution < 1.29 is 0 Å². The molecule has 0 bridgehead atoms. The fourth-order valence-electron chi connectivity index (χ4n) is 2.05. The van der Waals surface area contributed by atoms with Gasteiger partial charge in [-0.3, -0.25) is 0 Å². The fourth-order valence-corrected chi connectivity index (χ4v) is 3.08. The highest BCUT2D eigenvalue weighted by molar-refractivity contribution is 7.99. The first-order valence-electron chi connectivity index (χ1n) is 6.04. The van der Waals surface area contributed by atoms with Crippen molar-refractivity contribution in [3.05, 3.63) is 5.82 Å². The standard InChI is InChI=1S/C11H20N4S/c1-9(8-12-2)16-11-14-13-10-6-4-3-5-7-15(10)11/h9,12H,3-8H2,1-2H3. The van der Waals surface area contributed by atoms with Crippen molar-refractivity contribution in [1.29, 1.82) is 0 Å². The third-order valence-electron chi connectivity index (χ3n) is 2.87. The van der Waals surface area contributed by atoms with E-state index in [0.29, 0.717) is 5.25 Å². The normalized spacial score (nSPS) is 17.9. The molecule has 4 nitrogen and oxygen atoms in total. The van der Waals surface area contributed by atoms with Gasteiger partial charge in [0, 0.05) is 24.8 Å². The maximum atomic E-state index is 4.31. The average Bonchev–Trinajstić information content (AvgIpc) is 2.51. The van der Waals surface area contributed by atoms with E-state index in [-0.39, 0.29) is 0 Å². The van der Waals surface area contributed by atoms with Gasteiger partial charge in [-0.2, -0.15) is 0 Å². The van der Waals surface area contributed by atoms with Crippen LogP contribution in [-0.4, -0.2) is 33.6 Å². The van der Waals surface area contributed by atoms with E-state index in [9.17, 15) is 0 Å². The van der Waals surface area contributed by atoms with Gasteiger partial charge in [-0.25, -0.2) is 0 Å². The molecule has 0 fully saturated rings. The Balaban J connectivity index is 2.07. The first kappa shape index (κ1) is 11.9. The van der Waals surface area contributed by atoms with E-state index in [2.05, 4.69) is 27.0 Å². The molecule has 1 atom stereocenters. The summed E-state index contributed by atoms with van der Waals surface area (Å²) in [5.41, 5.74) is 0. The summed E-state index contributed by atoms with van der Waals surface area (Å²) in [5.74, 6) is 1.18. The summed E-state index contributed by atoms with van der Waals surface area (Å²) in [6, 6.07) is 0. The molecule has 5 heteroatoms. The lowest BCUT2D eigenvalue weighted by molar-refractivity contribution is 0.589. The number of rotatable bonds is 4. The van der Waals surface area contributed by atoms with Crippen molar-refractivity contribution in [2.75, 3.05) is 13.6 Å². The number of thioether (sulfide) groups is 1. The molecule has 1 N–H and O–H groups in total. The molecular weight excluding hydrogens is 220 g/mol. The van der Waals surface area contributed by atoms with Crippen LogP contribution in [0.3, 0.4) is 0 Å². The van der Waals surface area contributed by atoms with Crippen molar-refractivity contribution in [2.45, 2.75) is 49.6 Å². The van der Waals surface area contributed by atoms with Crippen LogP contribution in [0.4, 0.5) is 0 Å². The van der Waals surface area contributed by atoms with Crippen LogP contribution in [0.15, 0.2) is 5.16 Å². The van der Waals surface area contributed by atoms with Crippen molar-refractivity contribution in [3.63, 3.8) is 0 Å². The molecule has 1 aliphatic rings. The maximum absolute atomic E-state index is 4.31. The number of nitrogens with zero attached hydrogens (tertiary/aromatic N) is 3. The molecule has 0 saturated heterocycles. The van der Waals surface area contributed by atoms with E-state index in [1.165, 1.54) is 25.1 Å². The van der Waals surface area contributed by atoms with E-state index in [4.69, 9.17) is 0 Å². The Morgan fingerprint density at radius 1 is 1.38 bits per heavy atom. The molecule has 90 valence electrons. The molecule has 0 spiro atoms. The first-order chi connectivity index (χ1) is 7.81. The summed E-state index contributed by atoms with van der Waals surface area (Å²) in [7, 11) is 1.99. The lowest BCUT2D eigenvalue weighted by atomic mass is 10.2. The Bertz CT molecular complexity index is 337. The van der Waals surface area contributed by atoms with Crippen LogP contribution in [-0.2, 0) is 13.0 Å². The smallest absolute Gasteiger partial charge is 0.191 e. The Hall–Kier alpha value is -0.550. The average molecular weight is 240 g/mol. The molecule has 1 aromatic rings. The van der Waals surface area contributed by atoms with Crippen LogP contribution in [0.25, 0.3) is 0 Å². The van der Waals surface area contributed by atoms with Gasteiger partial charge in [-0.05, 0) is 19.9 Å². The van der Waals surface area contributed by atoms with Crippen LogP contribution < -0.4 is 5.32 Å². The molecule has 1 unspecified atom stereocenters. The van der Waals surface area contributed by atoms with Crippen LogP contribution in [0.5, 0.6) is 0 Å². The highest BCUT2D eigenvalue weighted by atomic mass is 32.2. The molecule has 0 saturated carbocycles. The summed E-state index contributed by atoms with van der Waals surface area (Å²) < 4.78 is 2.31. The van der Waals surface area contributed by atoms with Crippen LogP contribution in [0.2, 0.25) is 0 Å². The number of aromatic nitrogens is 3. The Morgan fingerprint density at radius 3 is 3.06 bits per heavy atom. The second-order valence-electron chi connectivity index (χ2n) is 4.35. The lowest BCUT2D eigenvalue weighted by Gasteiger charge is -2.11. The van der Waals surface area contributed by atoms with Gasteiger partial charge in [0.05, 0.1) is 0 Å². The van der Waals surface area contributed by atoms with Gasteiger partial charge in [0.25, 0.3) is 0 Å². The zero-order valence-electron chi connectivity index (χ0n) is 10.1. The Morgan fingerprint density at radius 2 is 2.25 bits per heavy atom. The maximum Gasteiger partial charge on any atom is 0.191 e. The second-order valence-corrected chi connectivity index (χ2v) is 5.75. The molecule has 0 amide bonds. The third-order valence-corrected chi connectivity index (χ3v) is 3.96. The minimum atomic E-state index is 0.543. The molecule has 2 heterocycles. The summed E-state index contributed by atoms with van der Waals surface area (Å²) in [4.78, 5) is 0. The number of nitrogens with one attached hydrogen (secondary N) is 1. The number of hydrogen-bond acceptors (Lipinski definition) is 4. The van der Waals surface area contributed by atoms with E-state index >= 15 is 0 Å². The van der Waals surface area contributed by atoms with Gasteiger partial charge < -0.3 is 9.88 Å². The second kappa shape index (κ2) is 5.68. The number of hydrogen-bond donors (Lipinski definition) is 1. The van der Waals surface area contributed by atoms with Gasteiger partial charge in [-0.15, -0.1) is 10.2 Å². The van der Waals surface area contributed by atoms with Gasteiger partial charge >= 0.3 is 0 Å². The molecule has 0 radical (unpaired) electrons. The monoisotopic (exact) mass is 240 g/mol. The van der Waals surface area contributed by atoms with E-state index in [1.54, 1.807) is 0 Å². The van der Waals surface area contributed by atoms with Gasteiger partial charge in [0.2, 0.25) is 0 Å². The highest BCUT2D eigenvalue weighted by Gasteiger charge is 2.16. The number of aryl methyl sites for hydroxylation is 1. The van der Waals surface area contributed by atoms with E-state index in [0.717, 1.165) is 24.7 Å². The van der Waals surface area contributed by atoms with Crippen molar-refractivity contribution in [2.24, 2.45) is 0 Å². The zero-order chi connectivity index (χ0) is 11.4.